The number of amides is 1. The highest BCUT2D eigenvalue weighted by molar-refractivity contribution is 7.89. The minimum absolute atomic E-state index is 0.148. The number of aryl methyl sites for hydroxylation is 1. The van der Waals surface area contributed by atoms with Crippen LogP contribution in [0.15, 0.2) is 77.0 Å². The fourth-order valence-corrected chi connectivity index (χ4v) is 5.76. The Kier molecular flexibility index (Phi) is 7.08. The molecule has 2 aromatic carbocycles. The van der Waals surface area contributed by atoms with E-state index >= 15 is 0 Å². The van der Waals surface area contributed by atoms with Gasteiger partial charge in [-0.1, -0.05) is 54.1 Å². The van der Waals surface area contributed by atoms with Gasteiger partial charge in [-0.25, -0.2) is 8.42 Å². The number of hydrogen-bond donors (Lipinski definition) is 0. The number of benzene rings is 2. The average Bonchev–Trinajstić information content (AvgIpc) is 3.46. The Hall–Kier alpha value is -2.48. The Labute approximate surface area is 194 Å². The third-order valence-electron chi connectivity index (χ3n) is 5.62. The third-order valence-corrected chi connectivity index (χ3v) is 8.31. The Balaban J connectivity index is 1.57. The summed E-state index contributed by atoms with van der Waals surface area (Å²) in [6.45, 7) is 3.08. The minimum atomic E-state index is -3.75. The molecule has 0 bridgehead atoms. The number of carbonyl (C=O) groups excluding carboxylic acids is 1. The zero-order valence-corrected chi connectivity index (χ0v) is 19.8. The van der Waals surface area contributed by atoms with Crippen molar-refractivity contribution in [1.82, 2.24) is 9.21 Å². The first kappa shape index (κ1) is 22.7. The standard InChI is InChI=1S/C25H28N2O3S2/c1-20-9-13-24(14-10-20)32(29,30)27(17-22-11-12-22)19-25(28)26(18-23-8-5-15-31-23)16-21-6-3-2-4-7-21/h2-10,13-15,22H,11-12,16-19H2,1H3. The third kappa shape index (κ3) is 5.85. The molecule has 0 unspecified atom stereocenters. The van der Waals surface area contributed by atoms with Crippen LogP contribution < -0.4 is 0 Å². The number of thiophene rings is 1. The molecule has 7 heteroatoms. The second-order valence-electron chi connectivity index (χ2n) is 8.37. The molecule has 4 rings (SSSR count). The molecule has 1 aliphatic rings. The lowest BCUT2D eigenvalue weighted by Gasteiger charge is -2.27. The maximum Gasteiger partial charge on any atom is 0.243 e. The summed E-state index contributed by atoms with van der Waals surface area (Å²) in [5, 5.41) is 1.99. The van der Waals surface area contributed by atoms with Crippen LogP contribution in [-0.4, -0.2) is 36.6 Å². The van der Waals surface area contributed by atoms with E-state index in [9.17, 15) is 13.2 Å². The van der Waals surface area contributed by atoms with Gasteiger partial charge in [0.15, 0.2) is 0 Å². The Morgan fingerprint density at radius 3 is 2.31 bits per heavy atom. The van der Waals surface area contributed by atoms with Gasteiger partial charge in [0, 0.05) is 18.0 Å². The predicted molar refractivity (Wildman–Crippen MR) is 128 cm³/mol. The first-order valence-electron chi connectivity index (χ1n) is 10.8. The monoisotopic (exact) mass is 468 g/mol. The molecule has 1 heterocycles. The molecule has 0 spiro atoms. The fourth-order valence-electron chi connectivity index (χ4n) is 3.57. The highest BCUT2D eigenvalue weighted by Crippen LogP contribution is 2.32. The van der Waals surface area contributed by atoms with Crippen LogP contribution in [0.2, 0.25) is 0 Å². The minimum Gasteiger partial charge on any atom is -0.332 e. The van der Waals surface area contributed by atoms with Crippen molar-refractivity contribution < 1.29 is 13.2 Å². The van der Waals surface area contributed by atoms with Crippen LogP contribution in [0.3, 0.4) is 0 Å². The Morgan fingerprint density at radius 2 is 1.69 bits per heavy atom. The molecule has 1 aliphatic carbocycles. The van der Waals surface area contributed by atoms with Crippen molar-refractivity contribution in [3.63, 3.8) is 0 Å². The lowest BCUT2D eigenvalue weighted by atomic mass is 10.2. The topological polar surface area (TPSA) is 57.7 Å². The van der Waals surface area contributed by atoms with E-state index in [1.165, 1.54) is 4.31 Å². The van der Waals surface area contributed by atoms with Gasteiger partial charge in [-0.3, -0.25) is 4.79 Å². The summed E-state index contributed by atoms with van der Waals surface area (Å²) < 4.78 is 28.2. The van der Waals surface area contributed by atoms with Crippen LogP contribution in [0.5, 0.6) is 0 Å². The molecule has 0 N–H and O–H groups in total. The number of hydrogen-bond acceptors (Lipinski definition) is 4. The van der Waals surface area contributed by atoms with E-state index in [4.69, 9.17) is 0 Å². The van der Waals surface area contributed by atoms with E-state index in [2.05, 4.69) is 0 Å². The van der Waals surface area contributed by atoms with Crippen LogP contribution in [0.1, 0.15) is 28.8 Å². The van der Waals surface area contributed by atoms with E-state index in [0.29, 0.717) is 25.6 Å². The summed E-state index contributed by atoms with van der Waals surface area (Å²) in [4.78, 5) is 16.5. The van der Waals surface area contributed by atoms with Crippen molar-refractivity contribution in [3.8, 4) is 0 Å². The Morgan fingerprint density at radius 1 is 0.969 bits per heavy atom. The molecule has 32 heavy (non-hydrogen) atoms. The van der Waals surface area contributed by atoms with Crippen molar-refractivity contribution in [2.24, 2.45) is 5.92 Å². The van der Waals surface area contributed by atoms with E-state index in [1.807, 2.05) is 54.8 Å². The highest BCUT2D eigenvalue weighted by Gasteiger charge is 2.34. The van der Waals surface area contributed by atoms with Gasteiger partial charge < -0.3 is 4.90 Å². The number of carbonyl (C=O) groups is 1. The van der Waals surface area contributed by atoms with Crippen LogP contribution in [0.25, 0.3) is 0 Å². The van der Waals surface area contributed by atoms with Gasteiger partial charge in [-0.05, 0) is 54.8 Å². The van der Waals surface area contributed by atoms with Gasteiger partial charge in [0.1, 0.15) is 0 Å². The normalized spacial score (nSPS) is 13.9. The van der Waals surface area contributed by atoms with E-state index in [1.54, 1.807) is 40.5 Å². The van der Waals surface area contributed by atoms with Gasteiger partial charge >= 0.3 is 0 Å². The van der Waals surface area contributed by atoms with E-state index < -0.39 is 10.0 Å². The molecule has 1 fully saturated rings. The van der Waals surface area contributed by atoms with Gasteiger partial charge in [0.25, 0.3) is 0 Å². The predicted octanol–water partition coefficient (Wildman–Crippen LogP) is 4.69. The molecule has 1 amide bonds. The van der Waals surface area contributed by atoms with Crippen LogP contribution >= 0.6 is 11.3 Å². The molecular formula is C25H28N2O3S2. The molecule has 0 radical (unpaired) electrons. The second-order valence-corrected chi connectivity index (χ2v) is 11.3. The van der Waals surface area contributed by atoms with Gasteiger partial charge in [-0.2, -0.15) is 4.31 Å². The molecule has 1 aromatic heterocycles. The van der Waals surface area contributed by atoms with Crippen molar-refractivity contribution in [2.75, 3.05) is 13.1 Å². The number of sulfonamides is 1. The summed E-state index contributed by atoms with van der Waals surface area (Å²) in [5.74, 6) is 0.154. The summed E-state index contributed by atoms with van der Waals surface area (Å²) in [6.07, 6.45) is 2.02. The zero-order valence-electron chi connectivity index (χ0n) is 18.2. The molecule has 0 saturated heterocycles. The summed E-state index contributed by atoms with van der Waals surface area (Å²) in [5.41, 5.74) is 2.02. The van der Waals surface area contributed by atoms with E-state index in [0.717, 1.165) is 28.8 Å². The zero-order chi connectivity index (χ0) is 22.6. The summed E-state index contributed by atoms with van der Waals surface area (Å²) in [7, 11) is -3.75. The molecule has 168 valence electrons. The lowest BCUT2D eigenvalue weighted by Crippen LogP contribution is -2.43. The first-order valence-corrected chi connectivity index (χ1v) is 13.1. The van der Waals surface area contributed by atoms with Crippen LogP contribution in [0, 0.1) is 12.8 Å². The van der Waals surface area contributed by atoms with E-state index in [-0.39, 0.29) is 17.3 Å². The molecule has 0 aliphatic heterocycles. The average molecular weight is 469 g/mol. The quantitative estimate of drug-likeness (QED) is 0.434. The van der Waals surface area contributed by atoms with Crippen molar-refractivity contribution in [1.29, 1.82) is 0 Å². The molecule has 1 saturated carbocycles. The summed E-state index contributed by atoms with van der Waals surface area (Å²) >= 11 is 1.60. The van der Waals surface area contributed by atoms with Gasteiger partial charge in [-0.15, -0.1) is 11.3 Å². The second kappa shape index (κ2) is 9.98. The van der Waals surface area contributed by atoms with Crippen molar-refractivity contribution in [2.45, 2.75) is 37.8 Å². The maximum atomic E-state index is 13.4. The van der Waals surface area contributed by atoms with Gasteiger partial charge in [0.05, 0.1) is 18.0 Å². The first-order chi connectivity index (χ1) is 15.4. The van der Waals surface area contributed by atoms with Crippen molar-refractivity contribution >= 4 is 27.3 Å². The van der Waals surface area contributed by atoms with Crippen molar-refractivity contribution in [3.05, 3.63) is 88.1 Å². The molecule has 3 aromatic rings. The number of rotatable bonds is 10. The fraction of sp³-hybridized carbons (Fsp3) is 0.320. The molecular weight excluding hydrogens is 440 g/mol. The van der Waals surface area contributed by atoms with Crippen LogP contribution in [0.4, 0.5) is 0 Å². The summed E-state index contributed by atoms with van der Waals surface area (Å²) in [6, 6.07) is 20.6. The maximum absolute atomic E-state index is 13.4. The SMILES string of the molecule is Cc1ccc(S(=O)(=O)N(CC(=O)N(Cc2ccccc2)Cc2cccs2)CC2CC2)cc1. The van der Waals surface area contributed by atoms with Gasteiger partial charge in [0.2, 0.25) is 15.9 Å². The van der Waals surface area contributed by atoms with Crippen LogP contribution in [-0.2, 0) is 27.9 Å². The molecule has 5 nitrogen and oxygen atoms in total. The highest BCUT2D eigenvalue weighted by atomic mass is 32.2. The molecule has 0 atom stereocenters. The lowest BCUT2D eigenvalue weighted by molar-refractivity contribution is -0.132. The Bertz CT molecular complexity index is 1120. The largest absolute Gasteiger partial charge is 0.332 e. The smallest absolute Gasteiger partial charge is 0.243 e. The number of nitrogens with zero attached hydrogens (tertiary/aromatic N) is 2.